The van der Waals surface area contributed by atoms with Crippen molar-refractivity contribution in [3.8, 4) is 0 Å². The lowest BCUT2D eigenvalue weighted by molar-refractivity contribution is 0.304. The van der Waals surface area contributed by atoms with Gasteiger partial charge in [-0.2, -0.15) is 0 Å². The van der Waals surface area contributed by atoms with Crippen LogP contribution in [0.2, 0.25) is 0 Å². The molecule has 18 heavy (non-hydrogen) atoms. The average Bonchev–Trinajstić information content (AvgIpc) is 2.82. The predicted molar refractivity (Wildman–Crippen MR) is 71.8 cm³/mol. The summed E-state index contributed by atoms with van der Waals surface area (Å²) >= 11 is 0. The minimum atomic E-state index is 0.493. The van der Waals surface area contributed by atoms with Crippen molar-refractivity contribution in [3.05, 3.63) is 35.9 Å². The van der Waals surface area contributed by atoms with Crippen LogP contribution in [0.3, 0.4) is 0 Å². The van der Waals surface area contributed by atoms with E-state index in [-0.39, 0.29) is 0 Å². The van der Waals surface area contributed by atoms with E-state index in [4.69, 9.17) is 5.21 Å². The summed E-state index contributed by atoms with van der Waals surface area (Å²) in [6, 6.07) is 10.6. The highest BCUT2D eigenvalue weighted by molar-refractivity contribution is 5.87. The van der Waals surface area contributed by atoms with Gasteiger partial charge in [0.25, 0.3) is 0 Å². The predicted octanol–water partition coefficient (Wildman–Crippen LogP) is 2.75. The van der Waals surface area contributed by atoms with Gasteiger partial charge in [-0.05, 0) is 30.7 Å². The molecule has 96 valence electrons. The molecule has 1 saturated carbocycles. The second kappa shape index (κ2) is 5.11. The normalized spacial score (nSPS) is 30.6. The van der Waals surface area contributed by atoms with E-state index >= 15 is 0 Å². The molecule has 1 aliphatic carbocycles. The summed E-state index contributed by atoms with van der Waals surface area (Å²) in [6.07, 6.45) is 3.45. The minimum Gasteiger partial charge on any atom is -0.411 e. The Kier molecular flexibility index (Phi) is 3.33. The molecule has 3 heteroatoms. The van der Waals surface area contributed by atoms with E-state index in [0.717, 1.165) is 31.8 Å². The molecule has 1 N–H and O–H groups in total. The molecule has 1 saturated heterocycles. The van der Waals surface area contributed by atoms with Crippen LogP contribution in [0.25, 0.3) is 0 Å². The maximum Gasteiger partial charge on any atom is 0.0617 e. The van der Waals surface area contributed by atoms with Crippen LogP contribution in [0, 0.1) is 11.8 Å². The monoisotopic (exact) mass is 244 g/mol. The van der Waals surface area contributed by atoms with Gasteiger partial charge in [0.1, 0.15) is 0 Å². The summed E-state index contributed by atoms with van der Waals surface area (Å²) < 4.78 is 0. The summed E-state index contributed by atoms with van der Waals surface area (Å²) in [5, 5.41) is 12.6. The van der Waals surface area contributed by atoms with Crippen LogP contribution in [-0.2, 0) is 6.54 Å². The number of hydrogen-bond donors (Lipinski definition) is 1. The van der Waals surface area contributed by atoms with Crippen molar-refractivity contribution in [1.82, 2.24) is 4.90 Å². The number of hydrogen-bond acceptors (Lipinski definition) is 3. The van der Waals surface area contributed by atoms with E-state index in [9.17, 15) is 0 Å². The molecular formula is C15H20N2O. The van der Waals surface area contributed by atoms with Crippen LogP contribution in [0.5, 0.6) is 0 Å². The van der Waals surface area contributed by atoms with Gasteiger partial charge in [0.15, 0.2) is 0 Å². The van der Waals surface area contributed by atoms with Crippen LogP contribution >= 0.6 is 0 Å². The number of rotatable bonds is 2. The molecule has 1 aliphatic heterocycles. The summed E-state index contributed by atoms with van der Waals surface area (Å²) in [4.78, 5) is 2.50. The van der Waals surface area contributed by atoms with E-state index in [0.29, 0.717) is 11.8 Å². The minimum absolute atomic E-state index is 0.493. The molecule has 0 aromatic heterocycles. The number of fused-ring (bicyclic) bond motifs is 1. The quantitative estimate of drug-likeness (QED) is 0.641. The second-order valence-electron chi connectivity index (χ2n) is 5.53. The third kappa shape index (κ3) is 2.27. The molecule has 1 heterocycles. The van der Waals surface area contributed by atoms with Crippen LogP contribution < -0.4 is 0 Å². The lowest BCUT2D eigenvalue weighted by Gasteiger charge is -2.24. The van der Waals surface area contributed by atoms with Gasteiger partial charge in [-0.3, -0.25) is 4.90 Å². The summed E-state index contributed by atoms with van der Waals surface area (Å²) in [5.41, 5.74) is 2.40. The number of likely N-dealkylation sites (tertiary alicyclic amines) is 1. The first kappa shape index (κ1) is 11.7. The SMILES string of the molecule is O/N=C1\CCC[C@@H]2CN(Cc3ccccc3)C[C@@H]12. The highest BCUT2D eigenvalue weighted by Crippen LogP contribution is 2.35. The lowest BCUT2D eigenvalue weighted by Crippen LogP contribution is -2.27. The molecule has 3 nitrogen and oxygen atoms in total. The van der Waals surface area contributed by atoms with Gasteiger partial charge in [-0.1, -0.05) is 35.5 Å². The molecule has 1 aromatic carbocycles. The largest absolute Gasteiger partial charge is 0.411 e. The maximum atomic E-state index is 9.08. The zero-order valence-corrected chi connectivity index (χ0v) is 10.6. The van der Waals surface area contributed by atoms with Crippen LogP contribution in [0.4, 0.5) is 0 Å². The Hall–Kier alpha value is -1.35. The Labute approximate surface area is 108 Å². The molecule has 2 aliphatic rings. The Balaban J connectivity index is 1.67. The fourth-order valence-electron chi connectivity index (χ4n) is 3.46. The highest BCUT2D eigenvalue weighted by atomic mass is 16.4. The standard InChI is InChI=1S/C15H20N2O/c18-16-15-8-4-7-13-10-17(11-14(13)15)9-12-5-2-1-3-6-12/h1-3,5-6,13-14,18H,4,7-11H2/b16-15+/t13-,14-/m1/s1. The molecule has 0 amide bonds. The topological polar surface area (TPSA) is 35.8 Å². The fourth-order valence-corrected chi connectivity index (χ4v) is 3.46. The zero-order valence-electron chi connectivity index (χ0n) is 10.6. The van der Waals surface area contributed by atoms with Crippen LogP contribution in [0.1, 0.15) is 24.8 Å². The average molecular weight is 244 g/mol. The summed E-state index contributed by atoms with van der Waals surface area (Å²) in [6.45, 7) is 3.23. The first-order chi connectivity index (χ1) is 8.86. The van der Waals surface area contributed by atoms with Crippen molar-refractivity contribution in [2.24, 2.45) is 17.0 Å². The van der Waals surface area contributed by atoms with Crippen molar-refractivity contribution in [2.75, 3.05) is 13.1 Å². The number of benzene rings is 1. The van der Waals surface area contributed by atoms with Gasteiger partial charge < -0.3 is 5.21 Å². The first-order valence-corrected chi connectivity index (χ1v) is 6.84. The summed E-state index contributed by atoms with van der Waals surface area (Å²) in [7, 11) is 0. The molecule has 2 fully saturated rings. The molecule has 0 unspecified atom stereocenters. The fraction of sp³-hybridized carbons (Fsp3) is 0.533. The molecular weight excluding hydrogens is 224 g/mol. The molecule has 3 rings (SSSR count). The highest BCUT2D eigenvalue weighted by Gasteiger charge is 2.38. The van der Waals surface area contributed by atoms with Crippen molar-refractivity contribution >= 4 is 5.71 Å². The zero-order chi connectivity index (χ0) is 12.4. The third-order valence-electron chi connectivity index (χ3n) is 4.33. The first-order valence-electron chi connectivity index (χ1n) is 6.84. The van der Waals surface area contributed by atoms with Gasteiger partial charge in [0.2, 0.25) is 0 Å². The van der Waals surface area contributed by atoms with Crippen molar-refractivity contribution in [2.45, 2.75) is 25.8 Å². The van der Waals surface area contributed by atoms with E-state index in [1.807, 2.05) is 0 Å². The smallest absolute Gasteiger partial charge is 0.0617 e. The molecule has 1 aromatic rings. The molecule has 0 radical (unpaired) electrons. The Morgan fingerprint density at radius 1 is 1.22 bits per heavy atom. The van der Waals surface area contributed by atoms with Gasteiger partial charge in [-0.25, -0.2) is 0 Å². The van der Waals surface area contributed by atoms with E-state index in [2.05, 4.69) is 40.4 Å². The summed E-state index contributed by atoms with van der Waals surface area (Å²) in [5.74, 6) is 1.20. The number of oxime groups is 1. The van der Waals surface area contributed by atoms with Crippen molar-refractivity contribution in [1.29, 1.82) is 0 Å². The Bertz CT molecular complexity index is 429. The van der Waals surface area contributed by atoms with E-state index < -0.39 is 0 Å². The van der Waals surface area contributed by atoms with Gasteiger partial charge in [0.05, 0.1) is 5.71 Å². The number of nitrogens with zero attached hydrogens (tertiary/aromatic N) is 2. The molecule has 0 spiro atoms. The second-order valence-corrected chi connectivity index (χ2v) is 5.53. The van der Waals surface area contributed by atoms with E-state index in [1.165, 1.54) is 18.4 Å². The van der Waals surface area contributed by atoms with Crippen molar-refractivity contribution in [3.63, 3.8) is 0 Å². The van der Waals surface area contributed by atoms with Gasteiger partial charge >= 0.3 is 0 Å². The Morgan fingerprint density at radius 2 is 2.06 bits per heavy atom. The third-order valence-corrected chi connectivity index (χ3v) is 4.33. The molecule has 0 bridgehead atoms. The van der Waals surface area contributed by atoms with Crippen LogP contribution in [-0.4, -0.2) is 28.9 Å². The van der Waals surface area contributed by atoms with Gasteiger partial charge in [-0.15, -0.1) is 0 Å². The lowest BCUT2D eigenvalue weighted by atomic mass is 9.80. The maximum absolute atomic E-state index is 9.08. The van der Waals surface area contributed by atoms with Crippen LogP contribution in [0.15, 0.2) is 35.5 Å². The Morgan fingerprint density at radius 3 is 2.83 bits per heavy atom. The van der Waals surface area contributed by atoms with Crippen molar-refractivity contribution < 1.29 is 5.21 Å². The van der Waals surface area contributed by atoms with Gasteiger partial charge in [0, 0.05) is 25.6 Å². The van der Waals surface area contributed by atoms with E-state index in [1.54, 1.807) is 0 Å². The molecule has 2 atom stereocenters.